The second kappa shape index (κ2) is 9.47. The van der Waals surface area contributed by atoms with E-state index in [0.717, 1.165) is 0 Å². The smallest absolute Gasteiger partial charge is 0.261 e. The Balaban J connectivity index is 1.66. The molecule has 0 spiro atoms. The van der Waals surface area contributed by atoms with Gasteiger partial charge in [0.05, 0.1) is 10.6 Å². The number of sulfonamides is 1. The van der Waals surface area contributed by atoms with Gasteiger partial charge in [-0.2, -0.15) is 0 Å². The first-order valence-corrected chi connectivity index (χ1v) is 10.8. The van der Waals surface area contributed by atoms with Crippen molar-refractivity contribution in [1.82, 2.24) is 0 Å². The number of anilines is 2. The molecule has 0 aliphatic carbocycles. The number of carbonyl (C=O) groups is 1. The summed E-state index contributed by atoms with van der Waals surface area (Å²) in [5.41, 5.74) is 1.27. The summed E-state index contributed by atoms with van der Waals surface area (Å²) in [6, 6.07) is 18.9. The van der Waals surface area contributed by atoms with Crippen molar-refractivity contribution in [2.75, 3.05) is 16.6 Å². The van der Waals surface area contributed by atoms with Crippen LogP contribution in [0.2, 0.25) is 5.02 Å². The van der Waals surface area contributed by atoms with E-state index in [1.165, 1.54) is 30.3 Å². The summed E-state index contributed by atoms with van der Waals surface area (Å²) in [6.45, 7) is 3.96. The predicted octanol–water partition coefficient (Wildman–Crippen LogP) is 4.96. The highest BCUT2D eigenvalue weighted by atomic mass is 35.5. The van der Waals surface area contributed by atoms with Gasteiger partial charge in [0.15, 0.2) is 0 Å². The molecule has 8 heteroatoms. The van der Waals surface area contributed by atoms with Crippen LogP contribution in [-0.4, -0.2) is 20.9 Å². The van der Waals surface area contributed by atoms with Gasteiger partial charge in [0, 0.05) is 16.3 Å². The second-order valence-electron chi connectivity index (χ2n) is 6.22. The third kappa shape index (κ3) is 5.62. The highest BCUT2D eigenvalue weighted by Crippen LogP contribution is 2.21. The van der Waals surface area contributed by atoms with Crippen LogP contribution in [0, 0.1) is 0 Å². The Labute approximate surface area is 180 Å². The highest BCUT2D eigenvalue weighted by molar-refractivity contribution is 7.92. The van der Waals surface area contributed by atoms with Crippen LogP contribution in [0.4, 0.5) is 11.4 Å². The molecule has 2 N–H and O–H groups in total. The lowest BCUT2D eigenvalue weighted by Gasteiger charge is -2.10. The fraction of sp³-hybridized carbons (Fsp3) is 0.0455. The lowest BCUT2D eigenvalue weighted by Crippen LogP contribution is -2.14. The molecule has 0 aromatic heterocycles. The van der Waals surface area contributed by atoms with Crippen LogP contribution in [0.1, 0.15) is 10.4 Å². The minimum absolute atomic E-state index is 0.0594. The van der Waals surface area contributed by atoms with Gasteiger partial charge < -0.3 is 10.1 Å². The zero-order valence-electron chi connectivity index (χ0n) is 15.8. The Morgan fingerprint density at radius 1 is 1.00 bits per heavy atom. The standard InChI is InChI=1S/C22H19ClN2O4S/c1-2-14-29-20-10-6-16(7-11-20)22(26)24-18-8-12-21(13-9-18)30(27,28)25-19-5-3-4-17(23)15-19/h2-13,15,25H,1,14H2,(H,24,26). The van der Waals surface area contributed by atoms with Crippen LogP contribution in [-0.2, 0) is 10.0 Å². The van der Waals surface area contributed by atoms with Gasteiger partial charge in [0.1, 0.15) is 12.4 Å². The topological polar surface area (TPSA) is 84.5 Å². The third-order valence-corrected chi connectivity index (χ3v) is 5.62. The average Bonchev–Trinajstić information content (AvgIpc) is 2.72. The first kappa shape index (κ1) is 21.4. The number of nitrogens with one attached hydrogen (secondary N) is 2. The van der Waals surface area contributed by atoms with Gasteiger partial charge >= 0.3 is 0 Å². The minimum Gasteiger partial charge on any atom is -0.490 e. The summed E-state index contributed by atoms with van der Waals surface area (Å²) in [7, 11) is -3.78. The molecular weight excluding hydrogens is 424 g/mol. The van der Waals surface area contributed by atoms with Crippen molar-refractivity contribution in [3.05, 3.63) is 96.0 Å². The normalized spacial score (nSPS) is 10.8. The first-order chi connectivity index (χ1) is 14.4. The summed E-state index contributed by atoms with van der Waals surface area (Å²) >= 11 is 5.88. The molecule has 1 amide bonds. The summed E-state index contributed by atoms with van der Waals surface area (Å²) in [4.78, 5) is 12.4. The van der Waals surface area contributed by atoms with Gasteiger partial charge in [-0.3, -0.25) is 9.52 Å². The third-order valence-electron chi connectivity index (χ3n) is 3.98. The largest absolute Gasteiger partial charge is 0.490 e. The lowest BCUT2D eigenvalue weighted by atomic mass is 10.2. The van der Waals surface area contributed by atoms with Crippen molar-refractivity contribution in [2.45, 2.75) is 4.90 Å². The van der Waals surface area contributed by atoms with Crippen molar-refractivity contribution in [3.8, 4) is 5.75 Å². The van der Waals surface area contributed by atoms with E-state index in [1.807, 2.05) is 0 Å². The Morgan fingerprint density at radius 3 is 2.33 bits per heavy atom. The molecule has 0 atom stereocenters. The summed E-state index contributed by atoms with van der Waals surface area (Å²) in [6.07, 6.45) is 1.63. The summed E-state index contributed by atoms with van der Waals surface area (Å²) in [5, 5.41) is 3.15. The fourth-order valence-corrected chi connectivity index (χ4v) is 3.78. The molecule has 3 rings (SSSR count). The predicted molar refractivity (Wildman–Crippen MR) is 119 cm³/mol. The van der Waals surface area contributed by atoms with Crippen molar-refractivity contribution >= 4 is 38.9 Å². The quantitative estimate of drug-likeness (QED) is 0.483. The molecule has 30 heavy (non-hydrogen) atoms. The maximum absolute atomic E-state index is 12.5. The Hall–Kier alpha value is -3.29. The van der Waals surface area contributed by atoms with Crippen LogP contribution in [0.5, 0.6) is 5.75 Å². The highest BCUT2D eigenvalue weighted by Gasteiger charge is 2.15. The number of amides is 1. The first-order valence-electron chi connectivity index (χ1n) is 8.91. The van der Waals surface area contributed by atoms with Gasteiger partial charge in [-0.25, -0.2) is 8.42 Å². The monoisotopic (exact) mass is 442 g/mol. The van der Waals surface area contributed by atoms with E-state index in [1.54, 1.807) is 48.5 Å². The molecule has 0 heterocycles. The van der Waals surface area contributed by atoms with Crippen LogP contribution >= 0.6 is 11.6 Å². The number of hydrogen-bond acceptors (Lipinski definition) is 4. The molecule has 0 saturated carbocycles. The average molecular weight is 443 g/mol. The molecule has 3 aromatic rings. The van der Waals surface area contributed by atoms with Crippen LogP contribution in [0.3, 0.4) is 0 Å². The van der Waals surface area contributed by atoms with Gasteiger partial charge in [0.25, 0.3) is 15.9 Å². The Morgan fingerprint density at radius 2 is 1.70 bits per heavy atom. The zero-order chi connectivity index (χ0) is 21.6. The number of halogens is 1. The summed E-state index contributed by atoms with van der Waals surface area (Å²) in [5.74, 6) is 0.311. The van der Waals surface area contributed by atoms with E-state index in [0.29, 0.717) is 34.3 Å². The van der Waals surface area contributed by atoms with E-state index in [4.69, 9.17) is 16.3 Å². The number of ether oxygens (including phenoxy) is 1. The van der Waals surface area contributed by atoms with Gasteiger partial charge in [-0.15, -0.1) is 0 Å². The minimum atomic E-state index is -3.78. The number of carbonyl (C=O) groups excluding carboxylic acids is 1. The molecular formula is C22H19ClN2O4S. The molecule has 0 saturated heterocycles. The molecule has 0 radical (unpaired) electrons. The molecule has 0 bridgehead atoms. The number of benzene rings is 3. The Bertz CT molecular complexity index is 1140. The SMILES string of the molecule is C=CCOc1ccc(C(=O)Nc2ccc(S(=O)(=O)Nc3cccc(Cl)c3)cc2)cc1. The fourth-order valence-electron chi connectivity index (χ4n) is 2.54. The van der Waals surface area contributed by atoms with Crippen molar-refractivity contribution < 1.29 is 17.9 Å². The Kier molecular flexibility index (Phi) is 6.76. The second-order valence-corrected chi connectivity index (χ2v) is 8.34. The molecule has 0 unspecified atom stereocenters. The van der Waals surface area contributed by atoms with Crippen molar-refractivity contribution in [3.63, 3.8) is 0 Å². The van der Waals surface area contributed by atoms with Crippen LogP contribution < -0.4 is 14.8 Å². The van der Waals surface area contributed by atoms with Gasteiger partial charge in [0.2, 0.25) is 0 Å². The van der Waals surface area contributed by atoms with E-state index in [-0.39, 0.29) is 10.8 Å². The van der Waals surface area contributed by atoms with E-state index in [2.05, 4.69) is 16.6 Å². The molecule has 0 aliphatic rings. The van der Waals surface area contributed by atoms with E-state index in [9.17, 15) is 13.2 Å². The molecule has 3 aromatic carbocycles. The zero-order valence-corrected chi connectivity index (χ0v) is 17.4. The van der Waals surface area contributed by atoms with Crippen LogP contribution in [0.25, 0.3) is 0 Å². The van der Waals surface area contributed by atoms with Crippen molar-refractivity contribution in [1.29, 1.82) is 0 Å². The van der Waals surface area contributed by atoms with Gasteiger partial charge in [-0.1, -0.05) is 30.3 Å². The molecule has 0 aliphatic heterocycles. The lowest BCUT2D eigenvalue weighted by molar-refractivity contribution is 0.102. The summed E-state index contributed by atoms with van der Waals surface area (Å²) < 4.78 is 32.9. The molecule has 154 valence electrons. The van der Waals surface area contributed by atoms with Crippen molar-refractivity contribution in [2.24, 2.45) is 0 Å². The maximum atomic E-state index is 12.5. The maximum Gasteiger partial charge on any atom is 0.261 e. The van der Waals surface area contributed by atoms with E-state index < -0.39 is 10.0 Å². The van der Waals surface area contributed by atoms with Gasteiger partial charge in [-0.05, 0) is 66.7 Å². The molecule has 6 nitrogen and oxygen atoms in total. The van der Waals surface area contributed by atoms with E-state index >= 15 is 0 Å². The molecule has 0 fully saturated rings. The number of rotatable bonds is 8. The van der Waals surface area contributed by atoms with Crippen LogP contribution in [0.15, 0.2) is 90.3 Å². The number of hydrogen-bond donors (Lipinski definition) is 2.